The lowest BCUT2D eigenvalue weighted by atomic mass is 10.1. The molecule has 158 valence electrons. The van der Waals surface area contributed by atoms with Crippen molar-refractivity contribution in [3.63, 3.8) is 0 Å². The summed E-state index contributed by atoms with van der Waals surface area (Å²) in [6, 6.07) is 13.8. The van der Waals surface area contributed by atoms with E-state index in [1.807, 2.05) is 37.8 Å². The van der Waals surface area contributed by atoms with Gasteiger partial charge < -0.3 is 4.90 Å². The van der Waals surface area contributed by atoms with E-state index in [1.165, 1.54) is 23.5 Å². The van der Waals surface area contributed by atoms with Crippen LogP contribution in [0.25, 0.3) is 0 Å². The van der Waals surface area contributed by atoms with Crippen molar-refractivity contribution in [3.8, 4) is 0 Å². The van der Waals surface area contributed by atoms with E-state index in [0.29, 0.717) is 17.8 Å². The van der Waals surface area contributed by atoms with Crippen molar-refractivity contribution < 1.29 is 13.2 Å². The first-order valence-electron chi connectivity index (χ1n) is 10.2. The van der Waals surface area contributed by atoms with Gasteiger partial charge in [-0.2, -0.15) is 0 Å². The summed E-state index contributed by atoms with van der Waals surface area (Å²) >= 11 is 0. The molecule has 0 radical (unpaired) electrons. The molecule has 0 bridgehead atoms. The van der Waals surface area contributed by atoms with Crippen LogP contribution in [0.15, 0.2) is 53.4 Å². The molecule has 2 aromatic carbocycles. The largest absolute Gasteiger partial charge is 0.336 e. The van der Waals surface area contributed by atoms with Crippen molar-refractivity contribution in [1.82, 2.24) is 4.90 Å². The molecule has 0 fully saturated rings. The van der Waals surface area contributed by atoms with Crippen LogP contribution in [-0.4, -0.2) is 38.9 Å². The lowest BCUT2D eigenvalue weighted by Gasteiger charge is -2.29. The van der Waals surface area contributed by atoms with Crippen molar-refractivity contribution in [1.29, 1.82) is 0 Å². The first kappa shape index (κ1) is 22.9. The Morgan fingerprint density at radius 2 is 1.72 bits per heavy atom. The van der Waals surface area contributed by atoms with Gasteiger partial charge in [0.25, 0.3) is 15.9 Å². The van der Waals surface area contributed by atoms with Crippen LogP contribution in [0.5, 0.6) is 0 Å². The molecule has 0 N–H and O–H groups in total. The molecule has 0 aliphatic heterocycles. The Hall–Kier alpha value is -2.34. The van der Waals surface area contributed by atoms with Crippen molar-refractivity contribution in [2.45, 2.75) is 57.9 Å². The Labute approximate surface area is 175 Å². The molecule has 0 spiro atoms. The molecule has 0 saturated heterocycles. The highest BCUT2D eigenvalue weighted by Gasteiger charge is 2.25. The van der Waals surface area contributed by atoms with E-state index in [-0.39, 0.29) is 16.8 Å². The third-order valence-electron chi connectivity index (χ3n) is 5.27. The van der Waals surface area contributed by atoms with Crippen molar-refractivity contribution in [2.75, 3.05) is 17.9 Å². The summed E-state index contributed by atoms with van der Waals surface area (Å²) in [5.41, 5.74) is 2.04. The van der Waals surface area contributed by atoms with E-state index >= 15 is 0 Å². The Bertz CT molecular complexity index is 923. The van der Waals surface area contributed by atoms with Gasteiger partial charge in [-0.1, -0.05) is 44.0 Å². The first-order valence-corrected chi connectivity index (χ1v) is 11.6. The van der Waals surface area contributed by atoms with Gasteiger partial charge in [0, 0.05) is 25.2 Å². The Balaban J connectivity index is 2.35. The van der Waals surface area contributed by atoms with Crippen LogP contribution in [0, 0.1) is 6.92 Å². The zero-order chi connectivity index (χ0) is 21.6. The van der Waals surface area contributed by atoms with Crippen LogP contribution in [0.3, 0.4) is 0 Å². The van der Waals surface area contributed by atoms with Gasteiger partial charge in [0.05, 0.1) is 10.6 Å². The number of amides is 1. The molecule has 2 aromatic rings. The van der Waals surface area contributed by atoms with E-state index in [2.05, 4.69) is 6.92 Å². The van der Waals surface area contributed by atoms with Gasteiger partial charge in [-0.25, -0.2) is 8.42 Å². The Kier molecular flexibility index (Phi) is 7.85. The number of carbonyl (C=O) groups excluding carboxylic acids is 1. The number of sulfonamides is 1. The number of benzene rings is 2. The van der Waals surface area contributed by atoms with Gasteiger partial charge in [0.15, 0.2) is 0 Å². The molecule has 5 nitrogen and oxygen atoms in total. The summed E-state index contributed by atoms with van der Waals surface area (Å²) < 4.78 is 27.5. The molecule has 29 heavy (non-hydrogen) atoms. The Morgan fingerprint density at radius 1 is 1.07 bits per heavy atom. The zero-order valence-corrected chi connectivity index (χ0v) is 18.9. The smallest absolute Gasteiger partial charge is 0.264 e. The maximum Gasteiger partial charge on any atom is 0.264 e. The summed E-state index contributed by atoms with van der Waals surface area (Å²) in [4.78, 5) is 15.1. The molecule has 1 atom stereocenters. The second-order valence-electron chi connectivity index (χ2n) is 7.45. The maximum absolute atomic E-state index is 13.1. The fourth-order valence-corrected chi connectivity index (χ4v) is 4.32. The van der Waals surface area contributed by atoms with Crippen molar-refractivity contribution in [2.24, 2.45) is 0 Å². The molecule has 0 aromatic heterocycles. The lowest BCUT2D eigenvalue weighted by Crippen LogP contribution is -2.39. The number of hydrogen-bond donors (Lipinski definition) is 0. The highest BCUT2D eigenvalue weighted by molar-refractivity contribution is 7.92. The molecule has 1 amide bonds. The number of rotatable bonds is 9. The second kappa shape index (κ2) is 9.92. The molecule has 0 aliphatic carbocycles. The summed E-state index contributed by atoms with van der Waals surface area (Å²) in [5.74, 6) is -0.122. The van der Waals surface area contributed by atoms with Gasteiger partial charge in [-0.15, -0.1) is 0 Å². The minimum Gasteiger partial charge on any atom is -0.336 e. The summed E-state index contributed by atoms with van der Waals surface area (Å²) in [6.07, 6.45) is 2.77. The third-order valence-corrected chi connectivity index (χ3v) is 7.05. The molecule has 6 heteroatoms. The zero-order valence-electron chi connectivity index (χ0n) is 18.1. The quantitative estimate of drug-likeness (QED) is 0.586. The van der Waals surface area contributed by atoms with Crippen LogP contribution in [0.1, 0.15) is 56.0 Å². The van der Waals surface area contributed by atoms with E-state index in [4.69, 9.17) is 0 Å². The van der Waals surface area contributed by atoms with Crippen LogP contribution >= 0.6 is 0 Å². The van der Waals surface area contributed by atoms with Gasteiger partial charge in [-0.3, -0.25) is 9.10 Å². The number of anilines is 1. The van der Waals surface area contributed by atoms with Gasteiger partial charge in [0.2, 0.25) is 0 Å². The predicted molar refractivity (Wildman–Crippen MR) is 119 cm³/mol. The number of carbonyl (C=O) groups is 1. The minimum atomic E-state index is -3.77. The topological polar surface area (TPSA) is 57.7 Å². The standard InChI is InChI=1S/C23H32N2O3S/c1-6-8-16-25(19(4)7-2)23(26)20-10-9-11-22(17-20)29(27,28)24(5)21-14-12-18(3)13-15-21/h9-15,17,19H,6-8,16H2,1-5H3. The summed E-state index contributed by atoms with van der Waals surface area (Å²) in [7, 11) is -2.24. The highest BCUT2D eigenvalue weighted by atomic mass is 32.2. The molecule has 2 rings (SSSR count). The summed E-state index contributed by atoms with van der Waals surface area (Å²) in [5, 5.41) is 0. The van der Waals surface area contributed by atoms with Crippen LogP contribution in [0.4, 0.5) is 5.69 Å². The van der Waals surface area contributed by atoms with Gasteiger partial charge >= 0.3 is 0 Å². The second-order valence-corrected chi connectivity index (χ2v) is 9.41. The van der Waals surface area contributed by atoms with E-state index in [9.17, 15) is 13.2 Å². The first-order chi connectivity index (χ1) is 13.7. The normalized spacial score (nSPS) is 12.4. The highest BCUT2D eigenvalue weighted by Crippen LogP contribution is 2.24. The van der Waals surface area contributed by atoms with Crippen LogP contribution in [-0.2, 0) is 10.0 Å². The molecule has 0 heterocycles. The van der Waals surface area contributed by atoms with Gasteiger partial charge in [-0.05, 0) is 57.0 Å². The van der Waals surface area contributed by atoms with E-state index in [0.717, 1.165) is 24.8 Å². The third kappa shape index (κ3) is 5.38. The minimum absolute atomic E-state index is 0.101. The number of hydrogen-bond acceptors (Lipinski definition) is 3. The molecule has 0 saturated carbocycles. The van der Waals surface area contributed by atoms with Gasteiger partial charge in [0.1, 0.15) is 0 Å². The number of aryl methyl sites for hydroxylation is 1. The molecular formula is C23H32N2O3S. The lowest BCUT2D eigenvalue weighted by molar-refractivity contribution is 0.0685. The SMILES string of the molecule is CCCCN(C(=O)c1cccc(S(=O)(=O)N(C)c2ccc(C)cc2)c1)C(C)CC. The fourth-order valence-electron chi connectivity index (χ4n) is 3.08. The molecule has 0 aliphatic rings. The van der Waals surface area contributed by atoms with Crippen molar-refractivity contribution >= 4 is 21.6 Å². The average Bonchev–Trinajstić information content (AvgIpc) is 2.73. The van der Waals surface area contributed by atoms with Crippen LogP contribution in [0.2, 0.25) is 0 Å². The summed E-state index contributed by atoms with van der Waals surface area (Å²) in [6.45, 7) is 8.79. The predicted octanol–water partition coefficient (Wildman–Crippen LogP) is 4.86. The number of nitrogens with zero attached hydrogens (tertiary/aromatic N) is 2. The number of unbranched alkanes of at least 4 members (excludes halogenated alkanes) is 1. The molecule has 1 unspecified atom stereocenters. The van der Waals surface area contributed by atoms with Crippen LogP contribution < -0.4 is 4.31 Å². The van der Waals surface area contributed by atoms with E-state index < -0.39 is 10.0 Å². The average molecular weight is 417 g/mol. The van der Waals surface area contributed by atoms with E-state index in [1.54, 1.807) is 24.3 Å². The maximum atomic E-state index is 13.1. The monoisotopic (exact) mass is 416 g/mol. The van der Waals surface area contributed by atoms with Crippen molar-refractivity contribution in [3.05, 3.63) is 59.7 Å². The fraction of sp³-hybridized carbons (Fsp3) is 0.435. The Morgan fingerprint density at radius 3 is 2.31 bits per heavy atom. The molecular weight excluding hydrogens is 384 g/mol.